The van der Waals surface area contributed by atoms with Crippen LogP contribution in [-0.2, 0) is 14.3 Å². The maximum absolute atomic E-state index is 10.5. The van der Waals surface area contributed by atoms with Gasteiger partial charge < -0.3 is 19.8 Å². The molecule has 0 aromatic heterocycles. The molecule has 1 rings (SSSR count). The summed E-state index contributed by atoms with van der Waals surface area (Å²) in [4.78, 5) is 20.9. The molecule has 0 aromatic rings. The summed E-state index contributed by atoms with van der Waals surface area (Å²) in [5, 5.41) is 0. The third-order valence-corrected chi connectivity index (χ3v) is 1.01. The second-order valence-electron chi connectivity index (χ2n) is 1.68. The minimum Gasteiger partial charge on any atom is -0.870 e. The van der Waals surface area contributed by atoms with Crippen molar-refractivity contribution < 1.29 is 49.4 Å². The first-order valence-corrected chi connectivity index (χ1v) is 2.50. The molecule has 1 N–H and O–H groups in total. The van der Waals surface area contributed by atoms with Crippen molar-refractivity contribution in [2.75, 3.05) is 6.61 Å². The molecule has 0 bridgehead atoms. The van der Waals surface area contributed by atoms with E-state index in [-0.39, 0.29) is 53.0 Å². The monoisotopic (exact) mass is 165 g/mol. The van der Waals surface area contributed by atoms with E-state index >= 15 is 0 Å². The van der Waals surface area contributed by atoms with Crippen LogP contribution < -0.4 is 29.6 Å². The summed E-state index contributed by atoms with van der Waals surface area (Å²) in [6, 6.07) is 0. The predicted octanol–water partition coefficient (Wildman–Crippen LogP) is -3.31. The number of carbonyl (C=O) groups is 2. The van der Waals surface area contributed by atoms with E-state index in [1.165, 1.54) is 6.92 Å². The second kappa shape index (κ2) is 5.49. The van der Waals surface area contributed by atoms with Crippen molar-refractivity contribution in [1.82, 2.24) is 0 Å². The van der Waals surface area contributed by atoms with E-state index in [4.69, 9.17) is 0 Å². The molecule has 1 aliphatic heterocycles. The van der Waals surface area contributed by atoms with Crippen LogP contribution in [0.5, 0.6) is 0 Å². The van der Waals surface area contributed by atoms with Crippen LogP contribution in [0.1, 0.15) is 6.92 Å². The minimum absolute atomic E-state index is 0. The van der Waals surface area contributed by atoms with E-state index in [0.717, 1.165) is 0 Å². The molecule has 0 aromatic carbocycles. The van der Waals surface area contributed by atoms with Gasteiger partial charge in [-0.1, -0.05) is 5.57 Å². The van der Waals surface area contributed by atoms with Gasteiger partial charge in [-0.3, -0.25) is 0 Å². The van der Waals surface area contributed by atoms with Crippen LogP contribution in [0.2, 0.25) is 0 Å². The molecule has 0 saturated carbocycles. The molecule has 1 heterocycles. The molecule has 0 saturated heterocycles. The van der Waals surface area contributed by atoms with E-state index < -0.39 is 5.97 Å². The van der Waals surface area contributed by atoms with Crippen LogP contribution in [0.4, 0.5) is 0 Å². The number of ether oxygens (including phenoxy) is 1. The number of rotatable bonds is 1. The van der Waals surface area contributed by atoms with Gasteiger partial charge in [0.05, 0.1) is 5.78 Å². The Morgan fingerprint density at radius 3 is 2.36 bits per heavy atom. The van der Waals surface area contributed by atoms with Crippen LogP contribution in [-0.4, -0.2) is 23.8 Å². The number of cyclic esters (lactones) is 1. The molecule has 4 nitrogen and oxygen atoms in total. The Bertz CT molecular complexity index is 197. The van der Waals surface area contributed by atoms with E-state index in [0.29, 0.717) is 0 Å². The SMILES string of the molecule is CC(=O)C1=[C-]COC1=O.[Na+].[OH-]. The molecular weight excluding hydrogens is 159 g/mol. The summed E-state index contributed by atoms with van der Waals surface area (Å²) >= 11 is 0. The first-order valence-electron chi connectivity index (χ1n) is 2.50. The van der Waals surface area contributed by atoms with Crippen LogP contribution in [0.15, 0.2) is 5.57 Å². The fourth-order valence-electron chi connectivity index (χ4n) is 0.586. The molecule has 0 spiro atoms. The average Bonchev–Trinajstić information content (AvgIpc) is 2.13. The van der Waals surface area contributed by atoms with Crippen LogP contribution in [0.25, 0.3) is 0 Å². The van der Waals surface area contributed by atoms with Crippen molar-refractivity contribution >= 4 is 11.8 Å². The number of hydrogen-bond donors (Lipinski definition) is 0. The van der Waals surface area contributed by atoms with Gasteiger partial charge in [0.2, 0.25) is 5.97 Å². The fourth-order valence-corrected chi connectivity index (χ4v) is 0.586. The molecular formula is C6H6NaO4-. The largest absolute Gasteiger partial charge is 1.00 e. The molecule has 0 aliphatic carbocycles. The standard InChI is InChI=1S/C6H5O3.Na.H2O/c1-4(7)5-2-3-9-6(5)8;;/h3H2,1H3;;1H2/q-1;+1;/p-1. The van der Waals surface area contributed by atoms with Crippen LogP contribution in [0.3, 0.4) is 0 Å². The molecule has 0 unspecified atom stereocenters. The summed E-state index contributed by atoms with van der Waals surface area (Å²) in [5.74, 6) is -0.833. The van der Waals surface area contributed by atoms with Crippen LogP contribution >= 0.6 is 0 Å². The quantitative estimate of drug-likeness (QED) is 0.176. The van der Waals surface area contributed by atoms with Gasteiger partial charge in [-0.2, -0.15) is 6.08 Å². The van der Waals surface area contributed by atoms with Crippen molar-refractivity contribution in [2.45, 2.75) is 6.92 Å². The zero-order chi connectivity index (χ0) is 6.85. The smallest absolute Gasteiger partial charge is 0.870 e. The first kappa shape index (κ1) is 13.4. The van der Waals surface area contributed by atoms with E-state index in [1.807, 2.05) is 0 Å². The van der Waals surface area contributed by atoms with Crippen molar-refractivity contribution in [3.63, 3.8) is 0 Å². The number of Topliss-reactive ketones (excluding diaryl/α,β-unsaturated/α-hetero) is 1. The third kappa shape index (κ3) is 3.16. The zero-order valence-corrected chi connectivity index (χ0v) is 8.38. The Kier molecular flexibility index (Phi) is 6.70. The molecule has 1 aliphatic rings. The summed E-state index contributed by atoms with van der Waals surface area (Å²) in [5.41, 5.74) is 0.0509. The molecule has 0 fully saturated rings. The van der Waals surface area contributed by atoms with Gasteiger partial charge in [0.1, 0.15) is 0 Å². The number of ketones is 1. The number of carbonyl (C=O) groups excluding carboxylic acids is 2. The Morgan fingerprint density at radius 1 is 1.64 bits per heavy atom. The van der Waals surface area contributed by atoms with E-state index in [9.17, 15) is 9.59 Å². The summed E-state index contributed by atoms with van der Waals surface area (Å²) in [6.45, 7) is 1.43. The minimum atomic E-state index is -0.553. The van der Waals surface area contributed by atoms with Crippen LogP contribution in [0, 0.1) is 6.08 Å². The van der Waals surface area contributed by atoms with Gasteiger partial charge in [0, 0.05) is 6.61 Å². The summed E-state index contributed by atoms with van der Waals surface area (Å²) in [7, 11) is 0. The number of hydrogen-bond acceptors (Lipinski definition) is 4. The topological polar surface area (TPSA) is 73.4 Å². The van der Waals surface area contributed by atoms with Crippen molar-refractivity contribution in [2.24, 2.45) is 0 Å². The van der Waals surface area contributed by atoms with E-state index in [2.05, 4.69) is 10.8 Å². The van der Waals surface area contributed by atoms with Gasteiger partial charge in [0.15, 0.2) is 0 Å². The summed E-state index contributed by atoms with van der Waals surface area (Å²) < 4.78 is 4.42. The maximum Gasteiger partial charge on any atom is 1.00 e. The molecule has 11 heavy (non-hydrogen) atoms. The zero-order valence-electron chi connectivity index (χ0n) is 6.38. The molecule has 5 heteroatoms. The predicted molar refractivity (Wildman–Crippen MR) is 30.3 cm³/mol. The Morgan fingerprint density at radius 2 is 2.18 bits per heavy atom. The second-order valence-corrected chi connectivity index (χ2v) is 1.68. The summed E-state index contributed by atoms with van der Waals surface area (Å²) in [6.07, 6.45) is 2.50. The maximum atomic E-state index is 10.5. The molecule has 0 atom stereocenters. The Balaban J connectivity index is 0. The first-order chi connectivity index (χ1) is 4.22. The third-order valence-electron chi connectivity index (χ3n) is 1.01. The molecule has 0 amide bonds. The van der Waals surface area contributed by atoms with Gasteiger partial charge in [-0.15, -0.1) is 0 Å². The Labute approximate surface area is 86.2 Å². The van der Waals surface area contributed by atoms with Crippen molar-refractivity contribution in [3.05, 3.63) is 11.6 Å². The molecule has 0 radical (unpaired) electrons. The average molecular weight is 165 g/mol. The molecule has 56 valence electrons. The van der Waals surface area contributed by atoms with Gasteiger partial charge in [-0.05, 0) is 6.92 Å². The van der Waals surface area contributed by atoms with Gasteiger partial charge >= 0.3 is 29.6 Å². The van der Waals surface area contributed by atoms with Gasteiger partial charge in [0.25, 0.3) is 0 Å². The van der Waals surface area contributed by atoms with Crippen molar-refractivity contribution in [3.8, 4) is 0 Å². The fraction of sp³-hybridized carbons (Fsp3) is 0.333. The van der Waals surface area contributed by atoms with E-state index in [1.54, 1.807) is 0 Å². The van der Waals surface area contributed by atoms with Crippen molar-refractivity contribution in [1.29, 1.82) is 0 Å². The normalized spacial score (nSPS) is 13.9. The Hall–Kier alpha value is -0.160. The number of esters is 1. The van der Waals surface area contributed by atoms with Gasteiger partial charge in [-0.25, -0.2) is 0 Å².